The van der Waals surface area contributed by atoms with E-state index in [-0.39, 0.29) is 0 Å². The highest BCUT2D eigenvalue weighted by Gasteiger charge is 2.15. The predicted octanol–water partition coefficient (Wildman–Crippen LogP) is 11.1. The molecule has 0 aliphatic rings. The lowest BCUT2D eigenvalue weighted by Gasteiger charge is -2.12. The van der Waals surface area contributed by atoms with Crippen LogP contribution in [0, 0.1) is 0 Å². The molecule has 0 N–H and O–H groups in total. The molecule has 0 spiro atoms. The van der Waals surface area contributed by atoms with Gasteiger partial charge in [-0.1, -0.05) is 146 Å². The monoisotopic (exact) mass is 612 g/mol. The van der Waals surface area contributed by atoms with Crippen molar-refractivity contribution < 1.29 is 0 Å². The van der Waals surface area contributed by atoms with Gasteiger partial charge in [-0.3, -0.25) is 0 Å². The zero-order valence-corrected chi connectivity index (χ0v) is 26.0. The molecule has 0 fully saturated rings. The van der Waals surface area contributed by atoms with Crippen LogP contribution in [0.4, 0.5) is 0 Å². The van der Waals surface area contributed by atoms with E-state index in [0.717, 1.165) is 77.9 Å². The van der Waals surface area contributed by atoms with Gasteiger partial charge in [0.1, 0.15) is 0 Å². The third-order valence-electron chi connectivity index (χ3n) is 8.88. The molecule has 0 unspecified atom stereocenters. The van der Waals surface area contributed by atoms with E-state index >= 15 is 0 Å². The molecule has 9 rings (SSSR count). The molecule has 3 aromatic heterocycles. The lowest BCUT2D eigenvalue weighted by Crippen LogP contribution is -1.96. The number of hydrogen-bond donors (Lipinski definition) is 0. The van der Waals surface area contributed by atoms with Crippen molar-refractivity contribution in [3.8, 4) is 56.2 Å². The van der Waals surface area contributed by atoms with Crippen molar-refractivity contribution in [1.29, 1.82) is 0 Å². The van der Waals surface area contributed by atoms with Crippen molar-refractivity contribution in [3.05, 3.63) is 170 Å². The van der Waals surface area contributed by atoms with Crippen LogP contribution in [0.2, 0.25) is 0 Å². The third kappa shape index (κ3) is 5.06. The first-order chi connectivity index (χ1) is 23.8. The van der Waals surface area contributed by atoms with E-state index in [2.05, 4.69) is 121 Å². The van der Waals surface area contributed by atoms with Crippen molar-refractivity contribution in [3.63, 3.8) is 0 Å². The SMILES string of the molecule is c1ccc(-c2ccc(-c3nc4ccccc4nc3-c3ccc(-c4ccc5ccc6ccc(-c7ccccc7)nc6c5n4)cc3)cc2)cc1. The summed E-state index contributed by atoms with van der Waals surface area (Å²) in [6.45, 7) is 0. The van der Waals surface area contributed by atoms with Crippen LogP contribution in [0.5, 0.6) is 0 Å². The maximum absolute atomic E-state index is 5.16. The molecule has 0 aliphatic heterocycles. The maximum Gasteiger partial charge on any atom is 0.0973 e. The maximum atomic E-state index is 5.16. The van der Waals surface area contributed by atoms with Crippen LogP contribution < -0.4 is 0 Å². The molecule has 4 heteroatoms. The van der Waals surface area contributed by atoms with Crippen LogP contribution in [0.15, 0.2) is 170 Å². The fourth-order valence-corrected chi connectivity index (χ4v) is 6.35. The normalized spacial score (nSPS) is 11.3. The Labute approximate surface area is 278 Å². The summed E-state index contributed by atoms with van der Waals surface area (Å²) in [5.74, 6) is 0. The van der Waals surface area contributed by atoms with Crippen LogP contribution in [0.3, 0.4) is 0 Å². The molecule has 0 aliphatic carbocycles. The summed E-state index contributed by atoms with van der Waals surface area (Å²) < 4.78 is 0. The Kier molecular flexibility index (Phi) is 6.76. The number of fused-ring (bicyclic) bond motifs is 4. The number of pyridine rings is 2. The first kappa shape index (κ1) is 27.8. The first-order valence-corrected chi connectivity index (χ1v) is 16.1. The average molecular weight is 613 g/mol. The van der Waals surface area contributed by atoms with Crippen LogP contribution in [-0.2, 0) is 0 Å². The van der Waals surface area contributed by atoms with Gasteiger partial charge in [0.25, 0.3) is 0 Å². The molecule has 0 saturated carbocycles. The number of para-hydroxylation sites is 2. The van der Waals surface area contributed by atoms with Crippen molar-refractivity contribution in [1.82, 2.24) is 19.9 Å². The van der Waals surface area contributed by atoms with Crippen LogP contribution in [-0.4, -0.2) is 19.9 Å². The Hall–Kier alpha value is -6.52. The lowest BCUT2D eigenvalue weighted by molar-refractivity contribution is 1.29. The van der Waals surface area contributed by atoms with Crippen LogP contribution in [0.1, 0.15) is 0 Å². The number of benzene rings is 6. The molecule has 0 radical (unpaired) electrons. The molecule has 48 heavy (non-hydrogen) atoms. The van der Waals surface area contributed by atoms with Crippen molar-refractivity contribution >= 4 is 32.8 Å². The Morgan fingerprint density at radius 2 is 0.604 bits per heavy atom. The fourth-order valence-electron chi connectivity index (χ4n) is 6.35. The minimum Gasteiger partial charge on any atom is -0.245 e. The van der Waals surface area contributed by atoms with Gasteiger partial charge in [-0.25, -0.2) is 19.9 Å². The summed E-state index contributed by atoms with van der Waals surface area (Å²) >= 11 is 0. The zero-order valence-electron chi connectivity index (χ0n) is 26.0. The van der Waals surface area contributed by atoms with E-state index in [4.69, 9.17) is 19.9 Å². The average Bonchev–Trinajstić information content (AvgIpc) is 3.18. The topological polar surface area (TPSA) is 51.6 Å². The van der Waals surface area contributed by atoms with E-state index in [0.29, 0.717) is 0 Å². The summed E-state index contributed by atoms with van der Waals surface area (Å²) in [6.07, 6.45) is 0. The molecule has 0 amide bonds. The van der Waals surface area contributed by atoms with Gasteiger partial charge >= 0.3 is 0 Å². The van der Waals surface area contributed by atoms with Crippen molar-refractivity contribution in [2.75, 3.05) is 0 Å². The van der Waals surface area contributed by atoms with Gasteiger partial charge in [-0.2, -0.15) is 0 Å². The van der Waals surface area contributed by atoms with Gasteiger partial charge < -0.3 is 0 Å². The number of nitrogens with zero attached hydrogens (tertiary/aromatic N) is 4. The highest BCUT2D eigenvalue weighted by atomic mass is 14.8. The van der Waals surface area contributed by atoms with E-state index in [9.17, 15) is 0 Å². The highest BCUT2D eigenvalue weighted by molar-refractivity contribution is 6.04. The summed E-state index contributed by atoms with van der Waals surface area (Å²) in [5, 5.41) is 2.14. The molecule has 0 atom stereocenters. The van der Waals surface area contributed by atoms with Crippen molar-refractivity contribution in [2.24, 2.45) is 0 Å². The second-order valence-corrected chi connectivity index (χ2v) is 11.9. The highest BCUT2D eigenvalue weighted by Crippen LogP contribution is 2.34. The van der Waals surface area contributed by atoms with Gasteiger partial charge in [-0.15, -0.1) is 0 Å². The molecular formula is C44H28N4. The van der Waals surface area contributed by atoms with Gasteiger partial charge in [0.2, 0.25) is 0 Å². The molecule has 6 aromatic carbocycles. The molecule has 0 bridgehead atoms. The van der Waals surface area contributed by atoms with E-state index < -0.39 is 0 Å². The van der Waals surface area contributed by atoms with Crippen LogP contribution >= 0.6 is 0 Å². The van der Waals surface area contributed by atoms with E-state index in [1.165, 1.54) is 11.1 Å². The number of rotatable bonds is 5. The van der Waals surface area contributed by atoms with Gasteiger partial charge in [0.05, 0.1) is 44.8 Å². The molecule has 3 heterocycles. The molecule has 9 aromatic rings. The zero-order chi connectivity index (χ0) is 31.9. The molecule has 0 saturated heterocycles. The van der Waals surface area contributed by atoms with E-state index in [1.54, 1.807) is 0 Å². The molecular weight excluding hydrogens is 585 g/mol. The van der Waals surface area contributed by atoms with E-state index in [1.807, 2.05) is 48.5 Å². The number of hydrogen-bond acceptors (Lipinski definition) is 4. The molecule has 224 valence electrons. The van der Waals surface area contributed by atoms with Gasteiger partial charge in [0, 0.05) is 33.0 Å². The summed E-state index contributed by atoms with van der Waals surface area (Å²) in [6, 6.07) is 58.5. The second-order valence-electron chi connectivity index (χ2n) is 11.9. The Balaban J connectivity index is 1.11. The second kappa shape index (κ2) is 11.7. The van der Waals surface area contributed by atoms with Crippen LogP contribution in [0.25, 0.3) is 89.0 Å². The smallest absolute Gasteiger partial charge is 0.0973 e. The first-order valence-electron chi connectivity index (χ1n) is 16.1. The lowest BCUT2D eigenvalue weighted by atomic mass is 9.99. The largest absolute Gasteiger partial charge is 0.245 e. The van der Waals surface area contributed by atoms with Crippen molar-refractivity contribution in [2.45, 2.75) is 0 Å². The Bertz CT molecular complexity index is 2580. The van der Waals surface area contributed by atoms with Gasteiger partial charge in [0.15, 0.2) is 0 Å². The summed E-state index contributed by atoms with van der Waals surface area (Å²) in [5.41, 5.74) is 13.6. The fraction of sp³-hybridized carbons (Fsp3) is 0. The minimum absolute atomic E-state index is 0.850. The summed E-state index contributed by atoms with van der Waals surface area (Å²) in [4.78, 5) is 20.5. The quantitative estimate of drug-likeness (QED) is 0.181. The predicted molar refractivity (Wildman–Crippen MR) is 197 cm³/mol. The third-order valence-corrected chi connectivity index (χ3v) is 8.88. The summed E-state index contributed by atoms with van der Waals surface area (Å²) in [7, 11) is 0. The Morgan fingerprint density at radius 1 is 0.250 bits per heavy atom. The van der Waals surface area contributed by atoms with Gasteiger partial charge in [-0.05, 0) is 35.4 Å². The Morgan fingerprint density at radius 3 is 1.10 bits per heavy atom. The minimum atomic E-state index is 0.850. The number of aromatic nitrogens is 4. The molecule has 4 nitrogen and oxygen atoms in total. The standard InChI is InChI=1S/C44H28N4/c1-3-9-29(10-4-1)30-15-19-33(20-16-30)43-44(48-40-14-8-7-13-39(40)47-43)34-21-17-32(18-22-34)38-28-26-36-24-23-35-25-27-37(31-11-5-2-6-12-31)45-41(35)42(36)46-38/h1-28H.